The van der Waals surface area contributed by atoms with Crippen LogP contribution in [0.2, 0.25) is 0 Å². The molecule has 0 radical (unpaired) electrons. The molecular formula is C13H13NOS. The molecular weight excluding hydrogens is 218 g/mol. The molecule has 0 aliphatic heterocycles. The summed E-state index contributed by atoms with van der Waals surface area (Å²) in [6, 6.07) is 10.00. The van der Waals surface area contributed by atoms with Crippen LogP contribution >= 0.6 is 11.3 Å². The number of benzene rings is 1. The predicted octanol–water partition coefficient (Wildman–Crippen LogP) is 3.75. The minimum Gasteiger partial charge on any atom is -0.295 e. The van der Waals surface area contributed by atoms with Gasteiger partial charge in [-0.15, -0.1) is 11.3 Å². The molecule has 0 saturated heterocycles. The van der Waals surface area contributed by atoms with E-state index in [1.165, 1.54) is 16.2 Å². The van der Waals surface area contributed by atoms with Crippen molar-refractivity contribution in [2.45, 2.75) is 19.8 Å². The van der Waals surface area contributed by atoms with Crippen LogP contribution in [0.25, 0.3) is 11.3 Å². The van der Waals surface area contributed by atoms with Crippen LogP contribution in [-0.2, 0) is 0 Å². The number of carbonyl (C=O) groups is 1. The van der Waals surface area contributed by atoms with Crippen LogP contribution in [0.5, 0.6) is 0 Å². The Hall–Kier alpha value is -1.48. The van der Waals surface area contributed by atoms with Crippen molar-refractivity contribution in [3.8, 4) is 11.3 Å². The largest absolute Gasteiger partial charge is 0.295 e. The number of nitrogens with zero attached hydrogens (tertiary/aromatic N) is 1. The zero-order valence-corrected chi connectivity index (χ0v) is 10.1. The normalized spacial score (nSPS) is 10.7. The molecule has 2 rings (SSSR count). The van der Waals surface area contributed by atoms with E-state index in [0.717, 1.165) is 17.5 Å². The molecule has 0 saturated carbocycles. The maximum absolute atomic E-state index is 10.8. The second-order valence-corrected chi connectivity index (χ2v) is 4.97. The maximum atomic E-state index is 10.8. The minimum absolute atomic E-state index is 0.390. The summed E-state index contributed by atoms with van der Waals surface area (Å²) in [5, 5.41) is 0.558. The highest BCUT2D eigenvalue weighted by molar-refractivity contribution is 7.13. The molecule has 1 aromatic carbocycles. The predicted molar refractivity (Wildman–Crippen MR) is 67.0 cm³/mol. The summed E-state index contributed by atoms with van der Waals surface area (Å²) in [6.45, 7) is 4.24. The zero-order chi connectivity index (χ0) is 11.5. The number of hydrogen-bond donors (Lipinski definition) is 0. The highest BCUT2D eigenvalue weighted by Crippen LogP contribution is 2.32. The maximum Gasteiger partial charge on any atom is 0.178 e. The monoisotopic (exact) mass is 231 g/mol. The molecule has 0 bridgehead atoms. The van der Waals surface area contributed by atoms with E-state index in [0.29, 0.717) is 10.9 Å². The number of thiazole rings is 1. The van der Waals surface area contributed by atoms with Gasteiger partial charge in [-0.3, -0.25) is 4.79 Å². The lowest BCUT2D eigenvalue weighted by Crippen LogP contribution is -1.87. The summed E-state index contributed by atoms with van der Waals surface area (Å²) in [7, 11) is 0. The van der Waals surface area contributed by atoms with Crippen LogP contribution in [-0.4, -0.2) is 11.3 Å². The Kier molecular flexibility index (Phi) is 3.15. The third-order valence-corrected chi connectivity index (χ3v) is 3.62. The van der Waals surface area contributed by atoms with Crippen molar-refractivity contribution in [3.05, 3.63) is 40.2 Å². The van der Waals surface area contributed by atoms with E-state index in [2.05, 4.69) is 18.8 Å². The van der Waals surface area contributed by atoms with Crippen molar-refractivity contribution >= 4 is 17.6 Å². The highest BCUT2D eigenvalue weighted by atomic mass is 32.1. The van der Waals surface area contributed by atoms with E-state index < -0.39 is 0 Å². The first kappa shape index (κ1) is 11.0. The molecule has 82 valence electrons. The summed E-state index contributed by atoms with van der Waals surface area (Å²) >= 11 is 1.48. The first-order valence-electron chi connectivity index (χ1n) is 5.23. The number of rotatable bonds is 3. The van der Waals surface area contributed by atoms with Crippen LogP contribution in [0.15, 0.2) is 30.3 Å². The van der Waals surface area contributed by atoms with E-state index in [4.69, 9.17) is 0 Å². The Bertz CT molecular complexity index is 488. The smallest absolute Gasteiger partial charge is 0.178 e. The molecule has 1 heterocycles. The Balaban J connectivity index is 2.55. The van der Waals surface area contributed by atoms with Gasteiger partial charge in [-0.05, 0) is 5.92 Å². The molecule has 16 heavy (non-hydrogen) atoms. The molecule has 0 fully saturated rings. The summed E-state index contributed by atoms with van der Waals surface area (Å²) in [6.07, 6.45) is 0.822. The van der Waals surface area contributed by atoms with E-state index in [9.17, 15) is 4.79 Å². The van der Waals surface area contributed by atoms with Gasteiger partial charge < -0.3 is 0 Å². The van der Waals surface area contributed by atoms with Gasteiger partial charge in [0, 0.05) is 10.4 Å². The fourth-order valence-corrected chi connectivity index (χ4v) is 2.50. The Morgan fingerprint density at radius 2 is 1.94 bits per heavy atom. The standard InChI is InChI=1S/C13H13NOS/c1-9(2)13-12(14-11(8-15)16-13)10-6-4-3-5-7-10/h3-9H,1-2H3. The lowest BCUT2D eigenvalue weighted by Gasteiger charge is -2.04. The molecule has 3 heteroatoms. The second kappa shape index (κ2) is 4.58. The van der Waals surface area contributed by atoms with Gasteiger partial charge in [-0.1, -0.05) is 44.2 Å². The molecule has 0 amide bonds. The van der Waals surface area contributed by atoms with Crippen LogP contribution in [0, 0.1) is 0 Å². The zero-order valence-electron chi connectivity index (χ0n) is 9.31. The lowest BCUT2D eigenvalue weighted by atomic mass is 10.1. The van der Waals surface area contributed by atoms with Crippen molar-refractivity contribution in [2.24, 2.45) is 0 Å². The van der Waals surface area contributed by atoms with Gasteiger partial charge in [-0.25, -0.2) is 4.98 Å². The molecule has 2 aromatic rings. The fraction of sp³-hybridized carbons (Fsp3) is 0.231. The van der Waals surface area contributed by atoms with E-state index in [-0.39, 0.29) is 0 Å². The minimum atomic E-state index is 0.390. The van der Waals surface area contributed by atoms with Gasteiger partial charge in [-0.2, -0.15) is 0 Å². The number of aldehydes is 1. The summed E-state index contributed by atoms with van der Waals surface area (Å²) in [5.74, 6) is 0.390. The molecule has 0 aliphatic carbocycles. The first-order chi connectivity index (χ1) is 7.72. The quantitative estimate of drug-likeness (QED) is 0.753. The molecule has 0 spiro atoms. The van der Waals surface area contributed by atoms with Crippen LogP contribution < -0.4 is 0 Å². The third-order valence-electron chi connectivity index (χ3n) is 2.34. The highest BCUT2D eigenvalue weighted by Gasteiger charge is 2.14. The lowest BCUT2D eigenvalue weighted by molar-refractivity contribution is 0.112. The molecule has 0 unspecified atom stereocenters. The molecule has 2 nitrogen and oxygen atoms in total. The van der Waals surface area contributed by atoms with Crippen LogP contribution in [0.3, 0.4) is 0 Å². The fourth-order valence-electron chi connectivity index (χ4n) is 1.59. The van der Waals surface area contributed by atoms with Crippen molar-refractivity contribution in [3.63, 3.8) is 0 Å². The molecule has 0 N–H and O–H groups in total. The van der Waals surface area contributed by atoms with Gasteiger partial charge in [0.1, 0.15) is 0 Å². The Morgan fingerprint density at radius 1 is 1.25 bits per heavy atom. The summed E-state index contributed by atoms with van der Waals surface area (Å²) in [5.41, 5.74) is 2.03. The molecule has 1 aromatic heterocycles. The van der Waals surface area contributed by atoms with Crippen molar-refractivity contribution in [1.82, 2.24) is 4.98 Å². The van der Waals surface area contributed by atoms with E-state index >= 15 is 0 Å². The average Bonchev–Trinajstić information content (AvgIpc) is 2.74. The Labute approximate surface area is 99.0 Å². The van der Waals surface area contributed by atoms with Gasteiger partial charge in [0.15, 0.2) is 11.3 Å². The van der Waals surface area contributed by atoms with Crippen molar-refractivity contribution in [1.29, 1.82) is 0 Å². The average molecular weight is 231 g/mol. The van der Waals surface area contributed by atoms with Crippen molar-refractivity contribution in [2.75, 3.05) is 0 Å². The Morgan fingerprint density at radius 3 is 2.50 bits per heavy atom. The number of aromatic nitrogens is 1. The van der Waals surface area contributed by atoms with E-state index in [1.54, 1.807) is 0 Å². The van der Waals surface area contributed by atoms with Crippen LogP contribution in [0.1, 0.15) is 34.4 Å². The molecule has 0 atom stereocenters. The first-order valence-corrected chi connectivity index (χ1v) is 6.05. The second-order valence-electron chi connectivity index (χ2n) is 3.90. The van der Waals surface area contributed by atoms with Gasteiger partial charge in [0.25, 0.3) is 0 Å². The summed E-state index contributed by atoms with van der Waals surface area (Å²) < 4.78 is 0. The topological polar surface area (TPSA) is 30.0 Å². The SMILES string of the molecule is CC(C)c1sc(C=O)nc1-c1ccccc1. The number of hydrogen-bond acceptors (Lipinski definition) is 3. The summed E-state index contributed by atoms with van der Waals surface area (Å²) in [4.78, 5) is 16.3. The number of carbonyl (C=O) groups excluding carboxylic acids is 1. The van der Waals surface area contributed by atoms with E-state index in [1.807, 2.05) is 30.3 Å². The van der Waals surface area contributed by atoms with Crippen molar-refractivity contribution < 1.29 is 4.79 Å². The van der Waals surface area contributed by atoms with Gasteiger partial charge >= 0.3 is 0 Å². The van der Waals surface area contributed by atoms with Gasteiger partial charge in [0.2, 0.25) is 0 Å². The van der Waals surface area contributed by atoms with Gasteiger partial charge in [0.05, 0.1) is 5.69 Å². The third kappa shape index (κ3) is 2.04. The van der Waals surface area contributed by atoms with Crippen LogP contribution in [0.4, 0.5) is 0 Å². The molecule has 0 aliphatic rings.